The van der Waals surface area contributed by atoms with Crippen LogP contribution in [0, 0.1) is 5.92 Å². The third-order valence-corrected chi connectivity index (χ3v) is 6.58. The summed E-state index contributed by atoms with van der Waals surface area (Å²) in [6, 6.07) is 3.41. The van der Waals surface area contributed by atoms with Crippen LogP contribution < -0.4 is 15.5 Å². The van der Waals surface area contributed by atoms with Gasteiger partial charge in [0.25, 0.3) is 6.47 Å². The van der Waals surface area contributed by atoms with Crippen molar-refractivity contribution < 1.29 is 29.0 Å². The smallest absolute Gasteiger partial charge is 0.295 e. The molecule has 0 radical (unpaired) electrons. The van der Waals surface area contributed by atoms with Crippen LogP contribution >= 0.6 is 0 Å². The molecule has 0 saturated carbocycles. The molecule has 5 atom stereocenters. The van der Waals surface area contributed by atoms with Gasteiger partial charge in [0.1, 0.15) is 12.1 Å². The van der Waals surface area contributed by atoms with Gasteiger partial charge in [0.05, 0.1) is 11.7 Å². The van der Waals surface area contributed by atoms with E-state index in [9.17, 15) is 24.3 Å². The van der Waals surface area contributed by atoms with Gasteiger partial charge in [-0.25, -0.2) is 0 Å². The standard InChI is InChI=1S/C24H33N3O6/c1-4-14(3)11-20(29)25-18-10-9-15-7-6-8-16-12-19(27(21(15)16)23(18)31)22(30)26-17(5-2)24(32)33-13-28/h6-8,13-14,17-19,24,32H,4-5,9-12H2,1-3H3,(H,25,29)(H,26,30). The quantitative estimate of drug-likeness (QED) is 0.357. The lowest BCUT2D eigenvalue weighted by Crippen LogP contribution is -2.56. The Bertz CT molecular complexity index is 904. The van der Waals surface area contributed by atoms with Crippen LogP contribution in [0.2, 0.25) is 0 Å². The number of carbonyl (C=O) groups excluding carboxylic acids is 4. The maximum absolute atomic E-state index is 13.6. The van der Waals surface area contributed by atoms with Crippen molar-refractivity contribution in [3.63, 3.8) is 0 Å². The lowest BCUT2D eigenvalue weighted by Gasteiger charge is -2.30. The molecule has 180 valence electrons. The molecule has 0 bridgehead atoms. The van der Waals surface area contributed by atoms with Gasteiger partial charge < -0.3 is 20.5 Å². The van der Waals surface area contributed by atoms with Crippen LogP contribution in [-0.4, -0.2) is 53.7 Å². The summed E-state index contributed by atoms with van der Waals surface area (Å²) in [5, 5.41) is 15.6. The molecule has 9 heteroatoms. The Morgan fingerprint density at radius 1 is 1.27 bits per heavy atom. The number of hydrogen-bond donors (Lipinski definition) is 3. The number of hydrogen-bond acceptors (Lipinski definition) is 6. The molecular formula is C24H33N3O6. The van der Waals surface area contributed by atoms with E-state index in [0.717, 1.165) is 23.2 Å². The monoisotopic (exact) mass is 459 g/mol. The van der Waals surface area contributed by atoms with E-state index in [4.69, 9.17) is 0 Å². The van der Waals surface area contributed by atoms with Gasteiger partial charge >= 0.3 is 0 Å². The van der Waals surface area contributed by atoms with Crippen molar-refractivity contribution in [2.45, 2.75) is 83.7 Å². The van der Waals surface area contributed by atoms with Crippen molar-refractivity contribution in [3.8, 4) is 0 Å². The fourth-order valence-electron chi connectivity index (χ4n) is 4.49. The maximum atomic E-state index is 13.6. The van der Waals surface area contributed by atoms with E-state index in [1.54, 1.807) is 6.92 Å². The molecule has 3 amide bonds. The minimum Gasteiger partial charge on any atom is -0.436 e. The van der Waals surface area contributed by atoms with Crippen LogP contribution in [0.1, 0.15) is 57.6 Å². The van der Waals surface area contributed by atoms with Gasteiger partial charge in [-0.1, -0.05) is 45.4 Å². The highest BCUT2D eigenvalue weighted by atomic mass is 16.6. The van der Waals surface area contributed by atoms with Crippen LogP contribution in [0.15, 0.2) is 18.2 Å². The van der Waals surface area contributed by atoms with E-state index in [1.165, 1.54) is 4.90 Å². The van der Waals surface area contributed by atoms with E-state index in [0.29, 0.717) is 32.1 Å². The number of rotatable bonds is 10. The second kappa shape index (κ2) is 10.8. The molecule has 1 aromatic rings. The number of nitrogens with one attached hydrogen (secondary N) is 2. The summed E-state index contributed by atoms with van der Waals surface area (Å²) >= 11 is 0. The third-order valence-electron chi connectivity index (χ3n) is 6.58. The SMILES string of the molecule is CCC(C)CC(=O)NC1CCc2cccc3c2N(C1=O)C(C(=O)NC(CC)C(O)OC=O)C3. The van der Waals surface area contributed by atoms with Gasteiger partial charge in [0.15, 0.2) is 0 Å². The molecule has 33 heavy (non-hydrogen) atoms. The number of carbonyl (C=O) groups is 4. The summed E-state index contributed by atoms with van der Waals surface area (Å²) in [4.78, 5) is 51.4. The minimum absolute atomic E-state index is 0.127. The normalized spacial score (nSPS) is 21.9. The maximum Gasteiger partial charge on any atom is 0.295 e. The molecular weight excluding hydrogens is 426 g/mol. The van der Waals surface area contributed by atoms with Gasteiger partial charge in [0.2, 0.25) is 24.0 Å². The Morgan fingerprint density at radius 3 is 2.67 bits per heavy atom. The topological polar surface area (TPSA) is 125 Å². The first-order valence-electron chi connectivity index (χ1n) is 11.6. The number of aliphatic hydroxyl groups is 1. The van der Waals surface area contributed by atoms with Crippen molar-refractivity contribution in [1.29, 1.82) is 0 Å². The van der Waals surface area contributed by atoms with Gasteiger partial charge in [0, 0.05) is 12.8 Å². The molecule has 0 aromatic heterocycles. The molecule has 0 aliphatic carbocycles. The van der Waals surface area contributed by atoms with Crippen LogP contribution in [0.3, 0.4) is 0 Å². The van der Waals surface area contributed by atoms with Crippen molar-refractivity contribution in [3.05, 3.63) is 29.3 Å². The van der Waals surface area contributed by atoms with E-state index >= 15 is 0 Å². The molecule has 2 heterocycles. The van der Waals surface area contributed by atoms with Crippen LogP contribution in [0.25, 0.3) is 0 Å². The van der Waals surface area contributed by atoms with E-state index in [1.807, 2.05) is 32.0 Å². The summed E-state index contributed by atoms with van der Waals surface area (Å²) < 4.78 is 4.58. The van der Waals surface area contributed by atoms with Crippen molar-refractivity contribution in [2.75, 3.05) is 4.90 Å². The Balaban J connectivity index is 1.84. The molecule has 0 saturated heterocycles. The Hall–Kier alpha value is -2.94. The fraction of sp³-hybridized carbons (Fsp3) is 0.583. The van der Waals surface area contributed by atoms with Crippen LogP contribution in [0.4, 0.5) is 5.69 Å². The van der Waals surface area contributed by atoms with Crippen LogP contribution in [-0.2, 0) is 36.8 Å². The van der Waals surface area contributed by atoms with Gasteiger partial charge in [-0.05, 0) is 36.3 Å². The molecule has 2 aliphatic rings. The Labute approximate surface area is 193 Å². The first-order valence-corrected chi connectivity index (χ1v) is 11.6. The minimum atomic E-state index is -1.48. The van der Waals surface area contributed by atoms with Crippen molar-refractivity contribution in [1.82, 2.24) is 10.6 Å². The summed E-state index contributed by atoms with van der Waals surface area (Å²) in [5.41, 5.74) is 2.59. The van der Waals surface area contributed by atoms with Gasteiger partial charge in [-0.15, -0.1) is 0 Å². The molecule has 0 fully saturated rings. The number of amides is 3. The zero-order chi connectivity index (χ0) is 24.1. The van der Waals surface area contributed by atoms with E-state index < -0.39 is 30.3 Å². The first kappa shape index (κ1) is 24.7. The first-order chi connectivity index (χ1) is 15.8. The zero-order valence-corrected chi connectivity index (χ0v) is 19.4. The second-order valence-corrected chi connectivity index (χ2v) is 8.88. The summed E-state index contributed by atoms with van der Waals surface area (Å²) in [6.07, 6.45) is 1.45. The van der Waals surface area contributed by atoms with Crippen LogP contribution in [0.5, 0.6) is 0 Å². The lowest BCUT2D eigenvalue weighted by molar-refractivity contribution is -0.159. The number of para-hydroxylation sites is 1. The molecule has 1 aromatic carbocycles. The zero-order valence-electron chi connectivity index (χ0n) is 19.4. The van der Waals surface area contributed by atoms with Gasteiger partial charge in [-0.3, -0.25) is 24.1 Å². The Morgan fingerprint density at radius 2 is 2.00 bits per heavy atom. The summed E-state index contributed by atoms with van der Waals surface area (Å²) in [7, 11) is 0. The third kappa shape index (κ3) is 5.35. The Kier molecular flexibility index (Phi) is 8.07. The lowest BCUT2D eigenvalue weighted by atomic mass is 10.0. The van der Waals surface area contributed by atoms with E-state index in [-0.39, 0.29) is 24.2 Å². The number of aliphatic hydroxyl groups excluding tert-OH is 1. The molecule has 3 N–H and O–H groups in total. The molecule has 9 nitrogen and oxygen atoms in total. The summed E-state index contributed by atoms with van der Waals surface area (Å²) in [6.45, 7) is 5.87. The average molecular weight is 460 g/mol. The van der Waals surface area contributed by atoms with E-state index in [2.05, 4.69) is 15.4 Å². The number of nitrogens with zero attached hydrogens (tertiary/aromatic N) is 1. The summed E-state index contributed by atoms with van der Waals surface area (Å²) in [5.74, 6) is -0.716. The molecule has 3 rings (SSSR count). The highest BCUT2D eigenvalue weighted by molar-refractivity contribution is 6.07. The van der Waals surface area contributed by atoms with Crippen molar-refractivity contribution in [2.24, 2.45) is 5.92 Å². The number of ether oxygens (including phenoxy) is 1. The highest BCUT2D eigenvalue weighted by Crippen LogP contribution is 2.39. The largest absolute Gasteiger partial charge is 0.436 e. The predicted octanol–water partition coefficient (Wildman–Crippen LogP) is 1.20. The number of benzene rings is 1. The fourth-order valence-corrected chi connectivity index (χ4v) is 4.49. The average Bonchev–Trinajstić information content (AvgIpc) is 3.13. The molecule has 2 aliphatic heterocycles. The molecule has 0 spiro atoms. The van der Waals surface area contributed by atoms with Crippen molar-refractivity contribution >= 4 is 29.9 Å². The predicted molar refractivity (Wildman–Crippen MR) is 121 cm³/mol. The van der Waals surface area contributed by atoms with Gasteiger partial charge in [-0.2, -0.15) is 0 Å². The second-order valence-electron chi connectivity index (χ2n) is 8.88. The number of anilines is 1. The highest BCUT2D eigenvalue weighted by Gasteiger charge is 2.44. The number of aryl methyl sites for hydroxylation is 1. The molecule has 5 unspecified atom stereocenters.